The van der Waals surface area contributed by atoms with Gasteiger partial charge in [-0.25, -0.2) is 0 Å². The van der Waals surface area contributed by atoms with Gasteiger partial charge in [0.2, 0.25) is 0 Å². The Hall–Kier alpha value is -2.07. The average Bonchev–Trinajstić information content (AvgIpc) is 3.00. The molecule has 0 radical (unpaired) electrons. The van der Waals surface area contributed by atoms with Gasteiger partial charge in [0.25, 0.3) is 0 Å². The molecule has 1 aliphatic rings. The van der Waals surface area contributed by atoms with Crippen LogP contribution in [-0.4, -0.2) is 30.5 Å². The number of nitrogens with one attached hydrogen (secondary N) is 1. The summed E-state index contributed by atoms with van der Waals surface area (Å²) < 4.78 is 7.59. The van der Waals surface area contributed by atoms with Crippen molar-refractivity contribution in [2.45, 2.75) is 58.4 Å². The minimum Gasteiger partial charge on any atom is -0.497 e. The predicted molar refractivity (Wildman–Crippen MR) is 110 cm³/mol. The molecule has 0 aliphatic heterocycles. The lowest BCUT2D eigenvalue weighted by molar-refractivity contribution is 0.0990. The molecule has 4 nitrogen and oxygen atoms in total. The first-order valence-electron chi connectivity index (χ1n) is 10.2. The Balaban J connectivity index is 1.53. The van der Waals surface area contributed by atoms with Crippen molar-refractivity contribution in [3.63, 3.8) is 0 Å². The van der Waals surface area contributed by atoms with Crippen LogP contribution in [0, 0.1) is 13.8 Å². The summed E-state index contributed by atoms with van der Waals surface area (Å²) in [6, 6.07) is 10.7. The number of nitrogens with zero attached hydrogens (tertiary/aromatic N) is 1. The van der Waals surface area contributed by atoms with Gasteiger partial charge in [0.1, 0.15) is 5.75 Å². The van der Waals surface area contributed by atoms with Gasteiger partial charge in [0.05, 0.1) is 13.7 Å². The number of hydrogen-bond donors (Lipinski definition) is 1. The van der Waals surface area contributed by atoms with E-state index in [4.69, 9.17) is 4.74 Å². The predicted octanol–water partition coefficient (Wildman–Crippen LogP) is 4.63. The molecule has 1 aromatic heterocycles. The molecule has 0 atom stereocenters. The van der Waals surface area contributed by atoms with Crippen molar-refractivity contribution < 1.29 is 9.53 Å². The largest absolute Gasteiger partial charge is 0.497 e. The third kappa shape index (κ3) is 4.81. The van der Waals surface area contributed by atoms with Crippen LogP contribution >= 0.6 is 0 Å². The third-order valence-electron chi connectivity index (χ3n) is 5.76. The molecule has 0 spiro atoms. The highest BCUT2D eigenvalue weighted by Crippen LogP contribution is 2.32. The van der Waals surface area contributed by atoms with E-state index in [1.165, 1.54) is 43.4 Å². The quantitative estimate of drug-likeness (QED) is 0.545. The van der Waals surface area contributed by atoms with Gasteiger partial charge in [-0.2, -0.15) is 0 Å². The molecular formula is C23H32N2O2. The second kappa shape index (κ2) is 9.23. The van der Waals surface area contributed by atoms with Crippen molar-refractivity contribution in [2.24, 2.45) is 0 Å². The fourth-order valence-corrected chi connectivity index (χ4v) is 4.28. The Kier molecular flexibility index (Phi) is 6.73. The Bertz CT molecular complexity index is 755. The van der Waals surface area contributed by atoms with Crippen molar-refractivity contribution >= 4 is 5.78 Å². The summed E-state index contributed by atoms with van der Waals surface area (Å²) >= 11 is 0. The third-order valence-corrected chi connectivity index (χ3v) is 5.76. The van der Waals surface area contributed by atoms with E-state index in [2.05, 4.69) is 41.9 Å². The average molecular weight is 369 g/mol. The van der Waals surface area contributed by atoms with Crippen molar-refractivity contribution in [2.75, 3.05) is 20.2 Å². The highest BCUT2D eigenvalue weighted by Gasteiger charge is 2.22. The molecule has 1 N–H and O–H groups in total. The zero-order valence-electron chi connectivity index (χ0n) is 16.9. The Morgan fingerprint density at radius 2 is 1.85 bits per heavy atom. The van der Waals surface area contributed by atoms with Crippen LogP contribution in [0.15, 0.2) is 30.3 Å². The van der Waals surface area contributed by atoms with Crippen LogP contribution < -0.4 is 10.1 Å². The second-order valence-corrected chi connectivity index (χ2v) is 7.64. The lowest BCUT2D eigenvalue weighted by Crippen LogP contribution is -2.25. The molecule has 1 fully saturated rings. The van der Waals surface area contributed by atoms with Gasteiger partial charge in [-0.05, 0) is 63.4 Å². The number of aryl methyl sites for hydroxylation is 1. The van der Waals surface area contributed by atoms with E-state index >= 15 is 0 Å². The van der Waals surface area contributed by atoms with Crippen molar-refractivity contribution in [1.82, 2.24) is 9.88 Å². The maximum atomic E-state index is 12.7. The molecule has 2 aromatic rings. The van der Waals surface area contributed by atoms with Crippen LogP contribution in [0.25, 0.3) is 0 Å². The highest BCUT2D eigenvalue weighted by molar-refractivity contribution is 5.99. The van der Waals surface area contributed by atoms with E-state index in [1.54, 1.807) is 7.11 Å². The van der Waals surface area contributed by atoms with E-state index in [1.807, 2.05) is 12.1 Å². The first-order valence-corrected chi connectivity index (χ1v) is 10.2. The second-order valence-electron chi connectivity index (χ2n) is 7.64. The minimum atomic E-state index is 0.194. The van der Waals surface area contributed by atoms with Crippen molar-refractivity contribution in [3.05, 3.63) is 52.8 Å². The number of hydrogen-bond acceptors (Lipinski definition) is 3. The summed E-state index contributed by atoms with van der Waals surface area (Å²) in [4.78, 5) is 12.7. The number of Topliss-reactive ketones (excluding diaryl/α,β-unsaturated/α-hetero) is 1. The van der Waals surface area contributed by atoms with E-state index in [0.717, 1.165) is 30.0 Å². The zero-order chi connectivity index (χ0) is 19.2. The Morgan fingerprint density at radius 3 is 2.52 bits per heavy atom. The van der Waals surface area contributed by atoms with Gasteiger partial charge in [-0.3, -0.25) is 4.79 Å². The topological polar surface area (TPSA) is 43.3 Å². The van der Waals surface area contributed by atoms with E-state index < -0.39 is 0 Å². The van der Waals surface area contributed by atoms with Crippen LogP contribution in [0.3, 0.4) is 0 Å². The summed E-state index contributed by atoms with van der Waals surface area (Å²) in [7, 11) is 1.67. The first kappa shape index (κ1) is 19.7. The smallest absolute Gasteiger partial charge is 0.178 e. The monoisotopic (exact) mass is 368 g/mol. The number of aromatic nitrogens is 1. The summed E-state index contributed by atoms with van der Waals surface area (Å²) in [5.74, 6) is 1.06. The number of rotatable bonds is 8. The molecule has 146 valence electrons. The number of carbonyl (C=O) groups is 1. The Labute approximate surface area is 162 Å². The lowest BCUT2D eigenvalue weighted by Gasteiger charge is -2.26. The minimum absolute atomic E-state index is 0.194. The summed E-state index contributed by atoms with van der Waals surface area (Å²) in [5, 5.41) is 3.31. The SMILES string of the molecule is COc1ccc(CCNCC(=O)c2cc(C)n(C3CCCCC3)c2C)cc1. The number of methoxy groups -OCH3 is 1. The van der Waals surface area contributed by atoms with Gasteiger partial charge < -0.3 is 14.6 Å². The number of benzene rings is 1. The zero-order valence-corrected chi connectivity index (χ0v) is 16.9. The van der Waals surface area contributed by atoms with Gasteiger partial charge in [0.15, 0.2) is 5.78 Å². The number of carbonyl (C=O) groups excluding carboxylic acids is 1. The van der Waals surface area contributed by atoms with Crippen LogP contribution in [0.5, 0.6) is 5.75 Å². The van der Waals surface area contributed by atoms with Crippen LogP contribution in [-0.2, 0) is 6.42 Å². The molecule has 0 unspecified atom stereocenters. The number of ether oxygens (including phenoxy) is 1. The normalized spacial score (nSPS) is 15.1. The standard InChI is InChI=1S/C23H32N2O2/c1-17-15-22(18(2)25(17)20-7-5-4-6-8-20)23(26)16-24-14-13-19-9-11-21(27-3)12-10-19/h9-12,15,20,24H,4-8,13-14,16H2,1-3H3. The summed E-state index contributed by atoms with van der Waals surface area (Å²) in [5.41, 5.74) is 4.49. The fourth-order valence-electron chi connectivity index (χ4n) is 4.28. The van der Waals surface area contributed by atoms with Gasteiger partial charge in [-0.15, -0.1) is 0 Å². The molecule has 4 heteroatoms. The highest BCUT2D eigenvalue weighted by atomic mass is 16.5. The van der Waals surface area contributed by atoms with Crippen LogP contribution in [0.1, 0.15) is 65.5 Å². The molecule has 3 rings (SSSR count). The van der Waals surface area contributed by atoms with E-state index in [9.17, 15) is 4.79 Å². The van der Waals surface area contributed by atoms with E-state index in [-0.39, 0.29) is 5.78 Å². The van der Waals surface area contributed by atoms with Crippen LogP contribution in [0.4, 0.5) is 0 Å². The summed E-state index contributed by atoms with van der Waals surface area (Å²) in [6.07, 6.45) is 7.34. The lowest BCUT2D eigenvalue weighted by atomic mass is 9.95. The molecule has 0 bridgehead atoms. The first-order chi connectivity index (χ1) is 13.1. The molecular weight excluding hydrogens is 336 g/mol. The van der Waals surface area contributed by atoms with Gasteiger partial charge >= 0.3 is 0 Å². The van der Waals surface area contributed by atoms with Gasteiger partial charge in [0, 0.05) is 23.0 Å². The molecule has 1 heterocycles. The van der Waals surface area contributed by atoms with Gasteiger partial charge in [-0.1, -0.05) is 31.4 Å². The molecule has 1 saturated carbocycles. The van der Waals surface area contributed by atoms with Crippen LogP contribution in [0.2, 0.25) is 0 Å². The maximum Gasteiger partial charge on any atom is 0.178 e. The molecule has 1 aliphatic carbocycles. The van der Waals surface area contributed by atoms with E-state index in [0.29, 0.717) is 12.6 Å². The fraction of sp³-hybridized carbons (Fsp3) is 0.522. The number of ketones is 1. The molecule has 0 amide bonds. The molecule has 27 heavy (non-hydrogen) atoms. The molecule has 1 aromatic carbocycles. The van der Waals surface area contributed by atoms with Crippen molar-refractivity contribution in [1.29, 1.82) is 0 Å². The van der Waals surface area contributed by atoms with Crippen molar-refractivity contribution in [3.8, 4) is 5.75 Å². The maximum absolute atomic E-state index is 12.7. The molecule has 0 saturated heterocycles. The summed E-state index contributed by atoms with van der Waals surface area (Å²) in [6.45, 7) is 5.42. The Morgan fingerprint density at radius 1 is 1.15 bits per heavy atom.